The zero-order valence-corrected chi connectivity index (χ0v) is 17.7. The van der Waals surface area contributed by atoms with Crippen LogP contribution in [0.3, 0.4) is 0 Å². The van der Waals surface area contributed by atoms with Gasteiger partial charge in [-0.05, 0) is 61.1 Å². The average Bonchev–Trinajstić information content (AvgIpc) is 3.53. The van der Waals surface area contributed by atoms with E-state index in [2.05, 4.69) is 68.6 Å². The summed E-state index contributed by atoms with van der Waals surface area (Å²) in [6, 6.07) is 17.4. The second kappa shape index (κ2) is 8.03. The summed E-state index contributed by atoms with van der Waals surface area (Å²) in [5, 5.41) is 7.56. The van der Waals surface area contributed by atoms with Gasteiger partial charge in [0.1, 0.15) is 0 Å². The van der Waals surface area contributed by atoms with E-state index in [4.69, 9.17) is 0 Å². The minimum Gasteiger partial charge on any atom is -0.356 e. The first kappa shape index (κ1) is 19.0. The van der Waals surface area contributed by atoms with E-state index in [9.17, 15) is 4.79 Å². The zero-order valence-electron chi connectivity index (χ0n) is 16.9. The predicted molar refractivity (Wildman–Crippen MR) is 121 cm³/mol. The van der Waals surface area contributed by atoms with Crippen molar-refractivity contribution < 1.29 is 4.79 Å². The number of fused-ring (bicyclic) bond motifs is 1. The quantitative estimate of drug-likeness (QED) is 0.480. The SMILES string of the molecule is CCNC(=O)[C@H]1CC[C@@H](n2nccc2-c2ccc(-c3ccc4ncsc4c3)cc2)C1. The predicted octanol–water partition coefficient (Wildman–Crippen LogP) is 5.30. The van der Waals surface area contributed by atoms with Crippen molar-refractivity contribution in [2.45, 2.75) is 32.2 Å². The molecule has 4 aromatic rings. The van der Waals surface area contributed by atoms with Crippen molar-refractivity contribution in [2.24, 2.45) is 5.92 Å². The monoisotopic (exact) mass is 416 g/mol. The van der Waals surface area contributed by atoms with E-state index in [0.29, 0.717) is 6.54 Å². The number of nitrogens with one attached hydrogen (secondary N) is 1. The Kier molecular flexibility index (Phi) is 5.09. The Hall–Kier alpha value is -2.99. The number of rotatable bonds is 5. The number of benzene rings is 2. The van der Waals surface area contributed by atoms with Gasteiger partial charge in [-0.1, -0.05) is 30.3 Å². The van der Waals surface area contributed by atoms with Crippen LogP contribution in [0, 0.1) is 5.92 Å². The minimum absolute atomic E-state index is 0.0936. The summed E-state index contributed by atoms with van der Waals surface area (Å²) in [6.07, 6.45) is 4.63. The first-order chi connectivity index (χ1) is 14.7. The Bertz CT molecular complexity index is 1180. The van der Waals surface area contributed by atoms with Crippen molar-refractivity contribution in [3.63, 3.8) is 0 Å². The van der Waals surface area contributed by atoms with Crippen LogP contribution in [0.15, 0.2) is 60.2 Å². The molecule has 152 valence electrons. The fourth-order valence-electron chi connectivity index (χ4n) is 4.44. The zero-order chi connectivity index (χ0) is 20.5. The standard InChI is InChI=1S/C24H24N4OS/c1-2-25-24(29)19-7-9-20(13-19)28-22(11-12-27-28)17-5-3-16(4-6-17)18-8-10-21-23(14-18)30-15-26-21/h3-6,8,10-12,14-15,19-20H,2,7,9,13H2,1H3,(H,25,29)/t19-,20+/m0/s1. The molecule has 1 saturated carbocycles. The molecule has 0 unspecified atom stereocenters. The Morgan fingerprint density at radius 2 is 1.90 bits per heavy atom. The highest BCUT2D eigenvalue weighted by Gasteiger charge is 2.32. The number of thiazole rings is 1. The van der Waals surface area contributed by atoms with E-state index in [0.717, 1.165) is 36.0 Å². The molecular formula is C24H24N4OS. The highest BCUT2D eigenvalue weighted by Crippen LogP contribution is 2.37. The molecule has 1 amide bonds. The van der Waals surface area contributed by atoms with Crippen LogP contribution >= 0.6 is 11.3 Å². The molecule has 0 bridgehead atoms. The van der Waals surface area contributed by atoms with Crippen molar-refractivity contribution in [3.05, 3.63) is 60.2 Å². The highest BCUT2D eigenvalue weighted by molar-refractivity contribution is 7.16. The first-order valence-electron chi connectivity index (χ1n) is 10.5. The summed E-state index contributed by atoms with van der Waals surface area (Å²) in [4.78, 5) is 16.6. The fourth-order valence-corrected chi connectivity index (χ4v) is 5.15. The normalized spacial score (nSPS) is 18.7. The maximum atomic E-state index is 12.2. The van der Waals surface area contributed by atoms with Crippen LogP contribution in [0.1, 0.15) is 32.2 Å². The third kappa shape index (κ3) is 3.52. The van der Waals surface area contributed by atoms with Gasteiger partial charge in [0, 0.05) is 18.7 Å². The maximum absolute atomic E-state index is 12.2. The van der Waals surface area contributed by atoms with Crippen LogP contribution in [0.2, 0.25) is 0 Å². The van der Waals surface area contributed by atoms with Gasteiger partial charge in [0.15, 0.2) is 0 Å². The van der Waals surface area contributed by atoms with E-state index in [1.54, 1.807) is 11.3 Å². The van der Waals surface area contributed by atoms with Gasteiger partial charge < -0.3 is 5.32 Å². The lowest BCUT2D eigenvalue weighted by molar-refractivity contribution is -0.124. The topological polar surface area (TPSA) is 59.8 Å². The van der Waals surface area contributed by atoms with Crippen molar-refractivity contribution >= 4 is 27.5 Å². The minimum atomic E-state index is 0.0936. The Labute approximate surface area is 179 Å². The first-order valence-corrected chi connectivity index (χ1v) is 11.4. The molecule has 5 rings (SSSR count). The lowest BCUT2D eigenvalue weighted by Crippen LogP contribution is -2.29. The highest BCUT2D eigenvalue weighted by atomic mass is 32.1. The van der Waals surface area contributed by atoms with Gasteiger partial charge >= 0.3 is 0 Å². The van der Waals surface area contributed by atoms with E-state index >= 15 is 0 Å². The Balaban J connectivity index is 1.37. The Morgan fingerprint density at radius 1 is 1.10 bits per heavy atom. The van der Waals surface area contributed by atoms with E-state index < -0.39 is 0 Å². The van der Waals surface area contributed by atoms with Crippen LogP contribution in [-0.4, -0.2) is 27.2 Å². The molecule has 1 fully saturated rings. The molecule has 30 heavy (non-hydrogen) atoms. The number of hydrogen-bond acceptors (Lipinski definition) is 4. The van der Waals surface area contributed by atoms with E-state index in [1.165, 1.54) is 15.8 Å². The van der Waals surface area contributed by atoms with Crippen LogP contribution < -0.4 is 5.32 Å². The second-order valence-corrected chi connectivity index (χ2v) is 8.72. The van der Waals surface area contributed by atoms with Gasteiger partial charge in [-0.3, -0.25) is 9.48 Å². The lowest BCUT2D eigenvalue weighted by Gasteiger charge is -2.16. The van der Waals surface area contributed by atoms with Gasteiger partial charge in [0.2, 0.25) is 5.91 Å². The fraction of sp³-hybridized carbons (Fsp3) is 0.292. The number of hydrogen-bond donors (Lipinski definition) is 1. The average molecular weight is 417 g/mol. The molecular weight excluding hydrogens is 392 g/mol. The van der Waals surface area contributed by atoms with Gasteiger partial charge in [-0.2, -0.15) is 5.10 Å². The lowest BCUT2D eigenvalue weighted by atomic mass is 10.0. The second-order valence-electron chi connectivity index (χ2n) is 7.83. The molecule has 0 saturated heterocycles. The van der Waals surface area contributed by atoms with Crippen LogP contribution in [0.5, 0.6) is 0 Å². The molecule has 1 N–H and O–H groups in total. The maximum Gasteiger partial charge on any atom is 0.223 e. The Morgan fingerprint density at radius 3 is 2.73 bits per heavy atom. The summed E-state index contributed by atoms with van der Waals surface area (Å²) in [5.74, 6) is 0.270. The molecule has 1 aliphatic rings. The molecule has 0 aliphatic heterocycles. The van der Waals surface area contributed by atoms with Gasteiger partial charge in [-0.25, -0.2) is 4.98 Å². The number of aromatic nitrogens is 3. The van der Waals surface area contributed by atoms with Crippen molar-refractivity contribution in [3.8, 4) is 22.4 Å². The summed E-state index contributed by atoms with van der Waals surface area (Å²) in [6.45, 7) is 2.66. The molecule has 0 radical (unpaired) electrons. The molecule has 2 atom stereocenters. The summed E-state index contributed by atoms with van der Waals surface area (Å²) < 4.78 is 3.31. The molecule has 1 aliphatic carbocycles. The molecule has 2 aromatic heterocycles. The summed E-state index contributed by atoms with van der Waals surface area (Å²) >= 11 is 1.67. The van der Waals surface area contributed by atoms with Gasteiger partial charge in [0.05, 0.1) is 27.5 Å². The third-order valence-electron chi connectivity index (χ3n) is 5.99. The number of carbonyl (C=O) groups is 1. The summed E-state index contributed by atoms with van der Waals surface area (Å²) in [5.41, 5.74) is 7.59. The number of nitrogens with zero attached hydrogens (tertiary/aromatic N) is 3. The molecule has 6 heteroatoms. The number of carbonyl (C=O) groups excluding carboxylic acids is 1. The summed E-state index contributed by atoms with van der Waals surface area (Å²) in [7, 11) is 0. The van der Waals surface area contributed by atoms with Crippen LogP contribution in [0.4, 0.5) is 0 Å². The van der Waals surface area contributed by atoms with E-state index in [-0.39, 0.29) is 17.9 Å². The molecule has 2 heterocycles. The van der Waals surface area contributed by atoms with Gasteiger partial charge in [0.25, 0.3) is 0 Å². The molecule has 2 aromatic carbocycles. The molecule has 5 nitrogen and oxygen atoms in total. The van der Waals surface area contributed by atoms with Crippen LogP contribution in [0.25, 0.3) is 32.6 Å². The van der Waals surface area contributed by atoms with Crippen molar-refractivity contribution in [1.82, 2.24) is 20.1 Å². The smallest absolute Gasteiger partial charge is 0.223 e. The van der Waals surface area contributed by atoms with Crippen LogP contribution in [-0.2, 0) is 4.79 Å². The van der Waals surface area contributed by atoms with E-state index in [1.807, 2.05) is 18.6 Å². The third-order valence-corrected chi connectivity index (χ3v) is 6.78. The van der Waals surface area contributed by atoms with Crippen molar-refractivity contribution in [1.29, 1.82) is 0 Å². The number of amides is 1. The largest absolute Gasteiger partial charge is 0.356 e. The molecule has 0 spiro atoms. The van der Waals surface area contributed by atoms with Gasteiger partial charge in [-0.15, -0.1) is 11.3 Å². The van der Waals surface area contributed by atoms with Crippen molar-refractivity contribution in [2.75, 3.05) is 6.54 Å².